The number of rotatable bonds is 3. The Morgan fingerprint density at radius 3 is 3.10 bits per heavy atom. The Balaban J connectivity index is 2.70. The first-order valence-electron chi connectivity index (χ1n) is 3.45. The first kappa shape index (κ1) is 7.61. The van der Waals surface area contributed by atoms with E-state index in [0.717, 1.165) is 18.7 Å². The molecule has 1 aromatic heterocycles. The molecule has 56 valence electrons. The molecule has 2 nitrogen and oxygen atoms in total. The van der Waals surface area contributed by atoms with Crippen LogP contribution in [0.4, 0.5) is 0 Å². The van der Waals surface area contributed by atoms with Crippen LogP contribution in [0, 0.1) is 0 Å². The fourth-order valence-corrected chi connectivity index (χ4v) is 1.11. The van der Waals surface area contributed by atoms with Gasteiger partial charge in [-0.05, 0) is 12.5 Å². The lowest BCUT2D eigenvalue weighted by atomic mass is 10.4. The quantitative estimate of drug-likeness (QED) is 0.616. The van der Waals surface area contributed by atoms with Gasteiger partial charge in [-0.15, -0.1) is 11.6 Å². The Morgan fingerprint density at radius 2 is 2.50 bits per heavy atom. The van der Waals surface area contributed by atoms with Gasteiger partial charge >= 0.3 is 0 Å². The zero-order valence-corrected chi connectivity index (χ0v) is 6.80. The van der Waals surface area contributed by atoms with E-state index in [1.165, 1.54) is 0 Å². The maximum absolute atomic E-state index is 5.65. The van der Waals surface area contributed by atoms with Gasteiger partial charge in [0.15, 0.2) is 0 Å². The zero-order valence-electron chi connectivity index (χ0n) is 6.05. The number of hydrogen-bond donors (Lipinski definition) is 0. The highest BCUT2D eigenvalue weighted by Crippen LogP contribution is 2.02. The van der Waals surface area contributed by atoms with Gasteiger partial charge in [0.05, 0.1) is 11.6 Å². The lowest BCUT2D eigenvalue weighted by Crippen LogP contribution is -2.02. The molecule has 0 aliphatic carbocycles. The van der Waals surface area contributed by atoms with Gasteiger partial charge in [0, 0.05) is 12.7 Å². The number of aromatic nitrogens is 2. The second-order valence-electron chi connectivity index (χ2n) is 2.18. The van der Waals surface area contributed by atoms with E-state index in [4.69, 9.17) is 11.6 Å². The molecule has 1 rings (SSSR count). The van der Waals surface area contributed by atoms with Crippen LogP contribution < -0.4 is 0 Å². The highest BCUT2D eigenvalue weighted by molar-refractivity contribution is 6.16. The molecular weight excluding hydrogens is 148 g/mol. The molecule has 1 aromatic rings. The van der Waals surface area contributed by atoms with Crippen LogP contribution in [0.15, 0.2) is 12.3 Å². The van der Waals surface area contributed by atoms with E-state index in [0.29, 0.717) is 5.88 Å². The third-order valence-corrected chi connectivity index (χ3v) is 1.65. The maximum atomic E-state index is 5.65. The predicted molar refractivity (Wildman–Crippen MR) is 42.1 cm³/mol. The van der Waals surface area contributed by atoms with Crippen molar-refractivity contribution >= 4 is 11.6 Å². The first-order chi connectivity index (χ1) is 4.88. The molecule has 0 unspecified atom stereocenters. The second kappa shape index (κ2) is 3.62. The average molecular weight is 159 g/mol. The van der Waals surface area contributed by atoms with Crippen LogP contribution in [-0.4, -0.2) is 9.78 Å². The molecule has 1 heterocycles. The zero-order chi connectivity index (χ0) is 7.40. The predicted octanol–water partition coefficient (Wildman–Crippen LogP) is 2.03. The van der Waals surface area contributed by atoms with Crippen molar-refractivity contribution in [3.05, 3.63) is 18.0 Å². The summed E-state index contributed by atoms with van der Waals surface area (Å²) in [6.07, 6.45) is 2.89. The molecule has 3 heteroatoms. The lowest BCUT2D eigenvalue weighted by Gasteiger charge is -2.00. The summed E-state index contributed by atoms with van der Waals surface area (Å²) in [5, 5.41) is 4.11. The van der Waals surface area contributed by atoms with Gasteiger partial charge < -0.3 is 0 Å². The number of hydrogen-bond acceptors (Lipinski definition) is 1. The lowest BCUT2D eigenvalue weighted by molar-refractivity contribution is 0.584. The van der Waals surface area contributed by atoms with Crippen LogP contribution in [0.5, 0.6) is 0 Å². The monoisotopic (exact) mass is 158 g/mol. The second-order valence-corrected chi connectivity index (χ2v) is 2.45. The highest BCUT2D eigenvalue weighted by Gasteiger charge is 1.97. The van der Waals surface area contributed by atoms with E-state index < -0.39 is 0 Å². The van der Waals surface area contributed by atoms with Crippen molar-refractivity contribution in [2.24, 2.45) is 0 Å². The summed E-state index contributed by atoms with van der Waals surface area (Å²) in [5.74, 6) is 0.556. The summed E-state index contributed by atoms with van der Waals surface area (Å²) in [6.45, 7) is 3.09. The third kappa shape index (κ3) is 1.51. The summed E-state index contributed by atoms with van der Waals surface area (Å²) >= 11 is 5.65. The van der Waals surface area contributed by atoms with Gasteiger partial charge in [-0.25, -0.2) is 0 Å². The Bertz CT molecular complexity index is 195. The molecule has 0 radical (unpaired) electrons. The molecule has 0 spiro atoms. The first-order valence-corrected chi connectivity index (χ1v) is 3.98. The van der Waals surface area contributed by atoms with Crippen LogP contribution in [0.25, 0.3) is 0 Å². The van der Waals surface area contributed by atoms with Crippen molar-refractivity contribution < 1.29 is 0 Å². The van der Waals surface area contributed by atoms with Crippen LogP contribution in [0.3, 0.4) is 0 Å². The Hall–Kier alpha value is -0.500. The number of halogens is 1. The Morgan fingerprint density at radius 1 is 1.70 bits per heavy atom. The molecule has 0 saturated heterocycles. The topological polar surface area (TPSA) is 17.8 Å². The van der Waals surface area contributed by atoms with Crippen molar-refractivity contribution in [2.75, 3.05) is 0 Å². The highest BCUT2D eigenvalue weighted by atomic mass is 35.5. The minimum Gasteiger partial charge on any atom is -0.268 e. The molecule has 0 atom stereocenters. The normalized spacial score (nSPS) is 10.2. The van der Waals surface area contributed by atoms with Crippen molar-refractivity contribution in [2.45, 2.75) is 25.8 Å². The van der Waals surface area contributed by atoms with Gasteiger partial charge in [-0.3, -0.25) is 4.68 Å². The van der Waals surface area contributed by atoms with Gasteiger partial charge in [0.1, 0.15) is 0 Å². The SMILES string of the molecule is CCCn1nccc1CCl. The van der Waals surface area contributed by atoms with Crippen molar-refractivity contribution in [1.29, 1.82) is 0 Å². The van der Waals surface area contributed by atoms with Gasteiger partial charge in [-0.1, -0.05) is 6.92 Å². The van der Waals surface area contributed by atoms with Crippen LogP contribution in [-0.2, 0) is 12.4 Å². The van der Waals surface area contributed by atoms with Crippen LogP contribution >= 0.6 is 11.6 Å². The molecule has 0 aliphatic rings. The molecule has 0 amide bonds. The molecule has 0 fully saturated rings. The van der Waals surface area contributed by atoms with Gasteiger partial charge in [0.2, 0.25) is 0 Å². The molecule has 0 N–H and O–H groups in total. The van der Waals surface area contributed by atoms with E-state index in [-0.39, 0.29) is 0 Å². The van der Waals surface area contributed by atoms with E-state index >= 15 is 0 Å². The van der Waals surface area contributed by atoms with Crippen molar-refractivity contribution in [3.63, 3.8) is 0 Å². The van der Waals surface area contributed by atoms with Crippen LogP contribution in [0.1, 0.15) is 19.0 Å². The minimum absolute atomic E-state index is 0.556. The standard InChI is InChI=1S/C7H11ClN2/c1-2-5-10-7(6-8)3-4-9-10/h3-4H,2,5-6H2,1H3. The molecule has 0 aliphatic heterocycles. The molecule has 10 heavy (non-hydrogen) atoms. The number of alkyl halides is 1. The molecular formula is C7H11ClN2. The average Bonchev–Trinajstić information content (AvgIpc) is 2.36. The minimum atomic E-state index is 0.556. The number of nitrogens with zero attached hydrogens (tertiary/aromatic N) is 2. The summed E-state index contributed by atoms with van der Waals surface area (Å²) in [4.78, 5) is 0. The van der Waals surface area contributed by atoms with E-state index in [1.54, 1.807) is 6.20 Å². The van der Waals surface area contributed by atoms with Gasteiger partial charge in [0.25, 0.3) is 0 Å². The molecule has 0 bridgehead atoms. The summed E-state index contributed by atoms with van der Waals surface area (Å²) in [6, 6.07) is 1.95. The van der Waals surface area contributed by atoms with Crippen molar-refractivity contribution in [1.82, 2.24) is 9.78 Å². The third-order valence-electron chi connectivity index (χ3n) is 1.38. The summed E-state index contributed by atoms with van der Waals surface area (Å²) in [7, 11) is 0. The van der Waals surface area contributed by atoms with E-state index in [2.05, 4.69) is 12.0 Å². The largest absolute Gasteiger partial charge is 0.268 e. The summed E-state index contributed by atoms with van der Waals surface area (Å²) < 4.78 is 1.94. The fourth-order valence-electron chi connectivity index (χ4n) is 0.887. The Labute approximate surface area is 65.8 Å². The van der Waals surface area contributed by atoms with Crippen molar-refractivity contribution in [3.8, 4) is 0 Å². The Kier molecular flexibility index (Phi) is 2.75. The van der Waals surface area contributed by atoms with E-state index in [1.807, 2.05) is 10.7 Å². The molecule has 0 saturated carbocycles. The summed E-state index contributed by atoms with van der Waals surface area (Å²) in [5.41, 5.74) is 1.10. The maximum Gasteiger partial charge on any atom is 0.0644 e. The van der Waals surface area contributed by atoms with Crippen LogP contribution in [0.2, 0.25) is 0 Å². The van der Waals surface area contributed by atoms with E-state index in [9.17, 15) is 0 Å². The smallest absolute Gasteiger partial charge is 0.0644 e. The van der Waals surface area contributed by atoms with Gasteiger partial charge in [-0.2, -0.15) is 5.10 Å². The molecule has 0 aromatic carbocycles. The number of aryl methyl sites for hydroxylation is 1. The fraction of sp³-hybridized carbons (Fsp3) is 0.571.